The number of nitrogens with two attached hydrogens (primary N) is 1. The van der Waals surface area contributed by atoms with Gasteiger partial charge in [-0.25, -0.2) is 0 Å². The first-order chi connectivity index (χ1) is 10.3. The van der Waals surface area contributed by atoms with Gasteiger partial charge in [0.25, 0.3) is 5.91 Å². The summed E-state index contributed by atoms with van der Waals surface area (Å²) >= 11 is 1.59. The molecule has 2 aromatic rings. The molecule has 3 nitrogen and oxygen atoms in total. The molecule has 0 aliphatic carbocycles. The molecule has 0 atom stereocenters. The van der Waals surface area contributed by atoms with Crippen LogP contribution >= 0.6 is 11.8 Å². The molecule has 110 valence electrons. The predicted octanol–water partition coefficient (Wildman–Crippen LogP) is 3.01. The first kappa shape index (κ1) is 15.6. The van der Waals surface area contributed by atoms with E-state index in [-0.39, 0.29) is 5.91 Å². The van der Waals surface area contributed by atoms with E-state index in [9.17, 15) is 4.79 Å². The second kappa shape index (κ2) is 7.86. The number of carbonyl (C=O) groups excluding carboxylic acids is 1. The molecule has 0 aliphatic rings. The third kappa shape index (κ3) is 4.09. The molecule has 0 aliphatic heterocycles. The molecular formula is C17H20N2OS. The Hall–Kier alpha value is -1.78. The standard InChI is InChI=1S/C17H20N2OS/c1-21-16-10-6-5-9-15(16)17(20)19(12-11-18)13-14-7-3-2-4-8-14/h2-10H,11-13,18H2,1H3. The summed E-state index contributed by atoms with van der Waals surface area (Å²) in [6.07, 6.45) is 1.98. The minimum atomic E-state index is 0.0363. The Labute approximate surface area is 130 Å². The van der Waals surface area contributed by atoms with Gasteiger partial charge in [-0.3, -0.25) is 4.79 Å². The van der Waals surface area contributed by atoms with Crippen LogP contribution in [-0.4, -0.2) is 30.2 Å². The van der Waals surface area contributed by atoms with Crippen molar-refractivity contribution in [2.75, 3.05) is 19.3 Å². The van der Waals surface area contributed by atoms with E-state index in [1.54, 1.807) is 11.8 Å². The van der Waals surface area contributed by atoms with Gasteiger partial charge < -0.3 is 10.6 Å². The molecule has 2 N–H and O–H groups in total. The summed E-state index contributed by atoms with van der Waals surface area (Å²) in [5, 5.41) is 0. The number of amides is 1. The minimum absolute atomic E-state index is 0.0363. The van der Waals surface area contributed by atoms with E-state index in [0.717, 1.165) is 16.0 Å². The van der Waals surface area contributed by atoms with Crippen molar-refractivity contribution < 1.29 is 4.79 Å². The summed E-state index contributed by atoms with van der Waals surface area (Å²) < 4.78 is 0. The maximum absolute atomic E-state index is 12.8. The fourth-order valence-electron chi connectivity index (χ4n) is 2.20. The summed E-state index contributed by atoms with van der Waals surface area (Å²) in [4.78, 5) is 15.6. The van der Waals surface area contributed by atoms with Crippen molar-refractivity contribution >= 4 is 17.7 Å². The molecule has 0 fully saturated rings. The smallest absolute Gasteiger partial charge is 0.255 e. The van der Waals surface area contributed by atoms with E-state index in [2.05, 4.69) is 0 Å². The molecule has 2 aromatic carbocycles. The van der Waals surface area contributed by atoms with E-state index in [4.69, 9.17) is 5.73 Å². The van der Waals surface area contributed by atoms with Crippen LogP contribution in [0.1, 0.15) is 15.9 Å². The topological polar surface area (TPSA) is 46.3 Å². The molecular weight excluding hydrogens is 280 g/mol. The van der Waals surface area contributed by atoms with Gasteiger partial charge in [0, 0.05) is 24.5 Å². The molecule has 0 saturated heterocycles. The van der Waals surface area contributed by atoms with Crippen molar-refractivity contribution in [1.29, 1.82) is 0 Å². The zero-order chi connectivity index (χ0) is 15.1. The monoisotopic (exact) mass is 300 g/mol. The average Bonchev–Trinajstić information content (AvgIpc) is 2.54. The average molecular weight is 300 g/mol. The van der Waals surface area contributed by atoms with Crippen LogP contribution < -0.4 is 5.73 Å². The Morgan fingerprint density at radius 1 is 1.10 bits per heavy atom. The van der Waals surface area contributed by atoms with E-state index < -0.39 is 0 Å². The van der Waals surface area contributed by atoms with Gasteiger partial charge in [0.05, 0.1) is 5.56 Å². The lowest BCUT2D eigenvalue weighted by atomic mass is 10.1. The molecule has 21 heavy (non-hydrogen) atoms. The van der Waals surface area contributed by atoms with Crippen LogP contribution in [0.3, 0.4) is 0 Å². The summed E-state index contributed by atoms with van der Waals surface area (Å²) in [7, 11) is 0. The quantitative estimate of drug-likeness (QED) is 0.834. The highest BCUT2D eigenvalue weighted by atomic mass is 32.2. The molecule has 0 bridgehead atoms. The maximum Gasteiger partial charge on any atom is 0.255 e. The number of benzene rings is 2. The summed E-state index contributed by atoms with van der Waals surface area (Å²) in [5.41, 5.74) is 7.53. The number of hydrogen-bond donors (Lipinski definition) is 1. The van der Waals surface area contributed by atoms with Crippen molar-refractivity contribution in [3.05, 3.63) is 65.7 Å². The van der Waals surface area contributed by atoms with Crippen LogP contribution in [0, 0.1) is 0 Å². The van der Waals surface area contributed by atoms with E-state index in [1.807, 2.05) is 65.8 Å². The van der Waals surface area contributed by atoms with E-state index >= 15 is 0 Å². The molecule has 0 unspecified atom stereocenters. The fourth-order valence-corrected chi connectivity index (χ4v) is 2.79. The highest BCUT2D eigenvalue weighted by molar-refractivity contribution is 7.98. The van der Waals surface area contributed by atoms with Gasteiger partial charge in [-0.2, -0.15) is 0 Å². The highest BCUT2D eigenvalue weighted by Crippen LogP contribution is 2.22. The third-order valence-electron chi connectivity index (χ3n) is 3.24. The van der Waals surface area contributed by atoms with Crippen LogP contribution in [0.5, 0.6) is 0 Å². The van der Waals surface area contributed by atoms with Crippen LogP contribution in [0.2, 0.25) is 0 Å². The first-order valence-electron chi connectivity index (χ1n) is 6.92. The molecule has 0 saturated carbocycles. The molecule has 4 heteroatoms. The van der Waals surface area contributed by atoms with Crippen molar-refractivity contribution in [1.82, 2.24) is 4.90 Å². The van der Waals surface area contributed by atoms with Gasteiger partial charge in [-0.1, -0.05) is 42.5 Å². The second-order valence-corrected chi connectivity index (χ2v) is 5.55. The van der Waals surface area contributed by atoms with Crippen LogP contribution in [0.15, 0.2) is 59.5 Å². The molecule has 1 amide bonds. The molecule has 0 radical (unpaired) electrons. The van der Waals surface area contributed by atoms with Crippen LogP contribution in [-0.2, 0) is 6.54 Å². The molecule has 0 heterocycles. The summed E-state index contributed by atoms with van der Waals surface area (Å²) in [5.74, 6) is 0.0363. The molecule has 0 aromatic heterocycles. The van der Waals surface area contributed by atoms with E-state index in [0.29, 0.717) is 19.6 Å². The van der Waals surface area contributed by atoms with Gasteiger partial charge in [0.1, 0.15) is 0 Å². The van der Waals surface area contributed by atoms with E-state index in [1.165, 1.54) is 0 Å². The lowest BCUT2D eigenvalue weighted by molar-refractivity contribution is 0.0745. The Balaban J connectivity index is 2.23. The second-order valence-electron chi connectivity index (χ2n) is 4.70. The largest absolute Gasteiger partial charge is 0.333 e. The Morgan fingerprint density at radius 3 is 2.43 bits per heavy atom. The Morgan fingerprint density at radius 2 is 1.76 bits per heavy atom. The van der Waals surface area contributed by atoms with Crippen molar-refractivity contribution in [2.24, 2.45) is 5.73 Å². The lowest BCUT2D eigenvalue weighted by Gasteiger charge is -2.23. The highest BCUT2D eigenvalue weighted by Gasteiger charge is 2.18. The number of carbonyl (C=O) groups is 1. The Bertz CT molecular complexity index is 586. The van der Waals surface area contributed by atoms with Crippen molar-refractivity contribution in [3.63, 3.8) is 0 Å². The summed E-state index contributed by atoms with van der Waals surface area (Å²) in [6, 6.07) is 17.7. The van der Waals surface area contributed by atoms with Gasteiger partial charge in [0.15, 0.2) is 0 Å². The van der Waals surface area contributed by atoms with Crippen molar-refractivity contribution in [3.8, 4) is 0 Å². The lowest BCUT2D eigenvalue weighted by Crippen LogP contribution is -2.35. The number of thioether (sulfide) groups is 1. The van der Waals surface area contributed by atoms with Gasteiger partial charge in [-0.15, -0.1) is 11.8 Å². The van der Waals surface area contributed by atoms with Gasteiger partial charge in [-0.05, 0) is 24.0 Å². The number of hydrogen-bond acceptors (Lipinski definition) is 3. The molecule has 2 rings (SSSR count). The number of rotatable bonds is 6. The predicted molar refractivity (Wildman–Crippen MR) is 88.5 cm³/mol. The van der Waals surface area contributed by atoms with Gasteiger partial charge >= 0.3 is 0 Å². The van der Waals surface area contributed by atoms with Crippen LogP contribution in [0.25, 0.3) is 0 Å². The zero-order valence-electron chi connectivity index (χ0n) is 12.2. The minimum Gasteiger partial charge on any atom is -0.333 e. The SMILES string of the molecule is CSc1ccccc1C(=O)N(CCN)Cc1ccccc1. The Kier molecular flexibility index (Phi) is 5.84. The fraction of sp³-hybridized carbons (Fsp3) is 0.235. The maximum atomic E-state index is 12.8. The normalized spacial score (nSPS) is 10.4. The summed E-state index contributed by atoms with van der Waals surface area (Å²) in [6.45, 7) is 1.59. The van der Waals surface area contributed by atoms with Crippen molar-refractivity contribution in [2.45, 2.75) is 11.4 Å². The van der Waals surface area contributed by atoms with Gasteiger partial charge in [0.2, 0.25) is 0 Å². The molecule has 0 spiro atoms. The number of nitrogens with zero attached hydrogens (tertiary/aromatic N) is 1. The first-order valence-corrected chi connectivity index (χ1v) is 8.15. The zero-order valence-corrected chi connectivity index (χ0v) is 13.0. The third-order valence-corrected chi connectivity index (χ3v) is 4.04. The van der Waals surface area contributed by atoms with Crippen LogP contribution in [0.4, 0.5) is 0 Å².